The van der Waals surface area contributed by atoms with Gasteiger partial charge in [0.1, 0.15) is 18.5 Å². The minimum absolute atomic E-state index is 0.129. The molecule has 0 bridgehead atoms. The highest BCUT2D eigenvalue weighted by Gasteiger charge is 2.34. The van der Waals surface area contributed by atoms with Crippen molar-refractivity contribution in [2.75, 3.05) is 0 Å². The maximum absolute atomic E-state index is 7.09. The molecular weight excluding hydrogens is 462 g/mol. The van der Waals surface area contributed by atoms with Gasteiger partial charge in [0, 0.05) is 17.0 Å². The topological polar surface area (TPSA) is 13.1 Å². The van der Waals surface area contributed by atoms with Crippen LogP contribution in [0.4, 0.5) is 0 Å². The molecule has 0 aliphatic carbocycles. The summed E-state index contributed by atoms with van der Waals surface area (Å²) in [6, 6.07) is 18.1. The van der Waals surface area contributed by atoms with E-state index >= 15 is 0 Å². The zero-order chi connectivity index (χ0) is 27.1. The minimum Gasteiger partial charge on any atom is -0.455 e. The third kappa shape index (κ3) is 3.88. The summed E-state index contributed by atoms with van der Waals surface area (Å²) in [6.45, 7) is 18.5. The van der Waals surface area contributed by atoms with E-state index in [4.69, 9.17) is 4.74 Å². The van der Waals surface area contributed by atoms with E-state index in [0.717, 1.165) is 24.3 Å². The largest absolute Gasteiger partial charge is 0.455 e. The van der Waals surface area contributed by atoms with Gasteiger partial charge in [-0.2, -0.15) is 0 Å². The van der Waals surface area contributed by atoms with E-state index in [1.165, 1.54) is 65.8 Å². The molecule has 0 spiro atoms. The Balaban J connectivity index is 1.77. The average Bonchev–Trinajstić information content (AvgIpc) is 2.83. The Hall–Kier alpha value is -3.39. The third-order valence-electron chi connectivity index (χ3n) is 8.12. The number of nitrogens with zero attached hydrogens (tertiary/aromatic N) is 1. The van der Waals surface area contributed by atoms with E-state index in [9.17, 15) is 0 Å². The van der Waals surface area contributed by atoms with E-state index in [1.54, 1.807) is 0 Å². The highest BCUT2D eigenvalue weighted by atomic mass is 16.5. The van der Waals surface area contributed by atoms with Gasteiger partial charge in [-0.15, -0.1) is 0 Å². The zero-order valence-electron chi connectivity index (χ0n) is 24.5. The molecule has 4 aromatic carbocycles. The quantitative estimate of drug-likeness (QED) is 0.170. The lowest BCUT2D eigenvalue weighted by molar-refractivity contribution is -0.659. The van der Waals surface area contributed by atoms with Gasteiger partial charge in [0.15, 0.2) is 6.20 Å². The molecule has 0 amide bonds. The smallest absolute Gasteiger partial charge is 0.228 e. The Labute approximate surface area is 227 Å². The van der Waals surface area contributed by atoms with Gasteiger partial charge in [0.05, 0.1) is 10.9 Å². The van der Waals surface area contributed by atoms with Crippen molar-refractivity contribution in [1.29, 1.82) is 0 Å². The lowest BCUT2D eigenvalue weighted by Crippen LogP contribution is -2.32. The lowest BCUT2D eigenvalue weighted by Gasteiger charge is -2.29. The summed E-state index contributed by atoms with van der Waals surface area (Å²) in [5.41, 5.74) is 8.22. The number of aromatic nitrogens is 1. The van der Waals surface area contributed by atoms with Crippen LogP contribution < -0.4 is 9.30 Å². The number of pyridine rings is 1. The molecule has 38 heavy (non-hydrogen) atoms. The first kappa shape index (κ1) is 24.9. The van der Waals surface area contributed by atoms with Gasteiger partial charge in [0.25, 0.3) is 0 Å². The molecule has 1 aliphatic heterocycles. The number of ether oxygens (including phenoxy) is 1. The Morgan fingerprint density at radius 1 is 0.711 bits per heavy atom. The summed E-state index contributed by atoms with van der Waals surface area (Å²) in [5, 5.41) is 7.76. The molecule has 0 saturated heterocycles. The molecule has 1 aromatic heterocycles. The molecule has 2 heteroatoms. The fourth-order valence-corrected chi connectivity index (χ4v) is 6.51. The van der Waals surface area contributed by atoms with Crippen molar-refractivity contribution in [3.8, 4) is 22.8 Å². The van der Waals surface area contributed by atoms with Gasteiger partial charge < -0.3 is 4.74 Å². The lowest BCUT2D eigenvalue weighted by atomic mass is 9.81. The molecule has 1 aliphatic rings. The van der Waals surface area contributed by atoms with Crippen molar-refractivity contribution >= 4 is 32.3 Å². The molecule has 0 unspecified atom stereocenters. The van der Waals surface area contributed by atoms with Crippen LogP contribution in [0.25, 0.3) is 43.6 Å². The highest BCUT2D eigenvalue weighted by Crippen LogP contribution is 2.53. The molecule has 0 radical (unpaired) electrons. The van der Waals surface area contributed by atoms with E-state index in [1.807, 2.05) is 0 Å². The number of hydrogen-bond acceptors (Lipinski definition) is 1. The van der Waals surface area contributed by atoms with Gasteiger partial charge >= 0.3 is 0 Å². The maximum atomic E-state index is 7.09. The molecule has 0 saturated carbocycles. The molecule has 0 atom stereocenters. The predicted octanol–water partition coefficient (Wildman–Crippen LogP) is 9.54. The second kappa shape index (κ2) is 8.30. The van der Waals surface area contributed by atoms with Gasteiger partial charge in [-0.05, 0) is 81.8 Å². The first-order chi connectivity index (χ1) is 17.8. The number of aryl methyl sites for hydroxylation is 3. The summed E-state index contributed by atoms with van der Waals surface area (Å²) < 4.78 is 9.39. The van der Waals surface area contributed by atoms with Gasteiger partial charge in [-0.25, -0.2) is 4.57 Å². The third-order valence-corrected chi connectivity index (χ3v) is 8.12. The second-order valence-electron chi connectivity index (χ2n) is 13.8. The Kier molecular flexibility index (Phi) is 5.44. The molecule has 194 valence electrons. The highest BCUT2D eigenvalue weighted by molar-refractivity contribution is 6.17. The van der Waals surface area contributed by atoms with Crippen LogP contribution in [0.2, 0.25) is 0 Å². The summed E-state index contributed by atoms with van der Waals surface area (Å²) in [7, 11) is 2.18. The fraction of sp³-hybridized carbons (Fsp3) is 0.361. The van der Waals surface area contributed by atoms with E-state index in [-0.39, 0.29) is 10.8 Å². The van der Waals surface area contributed by atoms with Crippen LogP contribution in [0, 0.1) is 24.7 Å². The second-order valence-corrected chi connectivity index (χ2v) is 13.8. The normalized spacial score (nSPS) is 13.3. The van der Waals surface area contributed by atoms with Gasteiger partial charge in [-0.1, -0.05) is 77.9 Å². The first-order valence-electron chi connectivity index (χ1n) is 13.9. The van der Waals surface area contributed by atoms with E-state index in [2.05, 4.69) is 122 Å². The zero-order valence-corrected chi connectivity index (χ0v) is 24.5. The summed E-state index contributed by atoms with van der Waals surface area (Å²) in [4.78, 5) is 0. The number of hydrogen-bond donors (Lipinski definition) is 0. The van der Waals surface area contributed by atoms with Crippen molar-refractivity contribution in [1.82, 2.24) is 0 Å². The standard InChI is InChI=1S/C36H40NO/c1-21-14-15-25-26-16-17-37(9)33-31-22(2)23-12-10-11-13-24(23)29(20-36(6,7)8)34(31)38-30(32(26)33)18-27(25)28(21)19-35(3,4)5/h10-18H,19-20H2,1-9H3/q+1. The van der Waals surface area contributed by atoms with Gasteiger partial charge in [-0.3, -0.25) is 0 Å². The molecular formula is C36H40NO+. The van der Waals surface area contributed by atoms with Crippen molar-refractivity contribution in [2.45, 2.75) is 68.2 Å². The minimum atomic E-state index is 0.129. The van der Waals surface area contributed by atoms with Crippen molar-refractivity contribution in [3.63, 3.8) is 0 Å². The van der Waals surface area contributed by atoms with Crippen LogP contribution in [-0.2, 0) is 19.9 Å². The number of fused-ring (bicyclic) bond motifs is 5. The molecule has 2 nitrogen and oxygen atoms in total. The Morgan fingerprint density at radius 2 is 1.37 bits per heavy atom. The SMILES string of the molecule is Cc1ccc2c(cc3c4c([n+](C)ccc42)-c2c(c(CC(C)(C)C)c4ccccc4c2C)O3)c1CC(C)(C)C. The van der Waals surface area contributed by atoms with Crippen molar-refractivity contribution < 1.29 is 9.30 Å². The molecule has 0 fully saturated rings. The molecule has 2 heterocycles. The van der Waals surface area contributed by atoms with Crippen LogP contribution in [-0.4, -0.2) is 0 Å². The molecule has 5 aromatic rings. The monoisotopic (exact) mass is 502 g/mol. The number of rotatable bonds is 2. The van der Waals surface area contributed by atoms with Crippen LogP contribution >= 0.6 is 0 Å². The average molecular weight is 503 g/mol. The summed E-state index contributed by atoms with van der Waals surface area (Å²) >= 11 is 0. The Morgan fingerprint density at radius 3 is 2.05 bits per heavy atom. The predicted molar refractivity (Wildman–Crippen MR) is 161 cm³/mol. The Bertz CT molecular complexity index is 1780. The van der Waals surface area contributed by atoms with E-state index in [0.29, 0.717) is 0 Å². The van der Waals surface area contributed by atoms with E-state index < -0.39 is 0 Å². The number of benzene rings is 4. The molecule has 0 N–H and O–H groups in total. The molecule has 6 rings (SSSR count). The van der Waals surface area contributed by atoms with Crippen LogP contribution in [0.15, 0.2) is 54.7 Å². The van der Waals surface area contributed by atoms with Crippen LogP contribution in [0.1, 0.15) is 63.8 Å². The van der Waals surface area contributed by atoms with Crippen molar-refractivity contribution in [3.05, 3.63) is 77.0 Å². The van der Waals surface area contributed by atoms with Crippen LogP contribution in [0.3, 0.4) is 0 Å². The summed E-state index contributed by atoms with van der Waals surface area (Å²) in [6.07, 6.45) is 4.22. The van der Waals surface area contributed by atoms with Crippen molar-refractivity contribution in [2.24, 2.45) is 17.9 Å². The van der Waals surface area contributed by atoms with Gasteiger partial charge in [0.2, 0.25) is 5.69 Å². The first-order valence-corrected chi connectivity index (χ1v) is 13.9. The summed E-state index contributed by atoms with van der Waals surface area (Å²) in [5.74, 6) is 2.02. The van der Waals surface area contributed by atoms with Crippen LogP contribution in [0.5, 0.6) is 11.5 Å². The fourth-order valence-electron chi connectivity index (χ4n) is 6.51. The maximum Gasteiger partial charge on any atom is 0.228 e.